The Morgan fingerprint density at radius 2 is 2.07 bits per heavy atom. The fourth-order valence-corrected chi connectivity index (χ4v) is 6.30. The number of aliphatic hydroxyl groups excluding tert-OH is 1. The average molecular weight is 641 g/mol. The van der Waals surface area contributed by atoms with Gasteiger partial charge in [-0.3, -0.25) is 14.5 Å². The molecule has 212 valence electrons. The summed E-state index contributed by atoms with van der Waals surface area (Å²) in [7, 11) is 1.36. The van der Waals surface area contributed by atoms with Gasteiger partial charge >= 0.3 is 11.9 Å². The van der Waals surface area contributed by atoms with Crippen molar-refractivity contribution in [1.29, 1.82) is 0 Å². The normalized spacial score (nSPS) is 19.2. The van der Waals surface area contributed by atoms with E-state index in [9.17, 15) is 24.6 Å². The number of halogens is 1. The number of aromatic hydroxyl groups is 1. The quantitative estimate of drug-likeness (QED) is 0.117. The summed E-state index contributed by atoms with van der Waals surface area (Å²) in [6.45, 7) is 7.04. The Balaban J connectivity index is 1.70. The van der Waals surface area contributed by atoms with Crippen LogP contribution in [0.15, 0.2) is 53.0 Å². The Morgan fingerprint density at radius 1 is 1.32 bits per heavy atom. The number of carbonyl (C=O) groups is 3. The molecule has 2 N–H and O–H groups in total. The molecule has 12 heteroatoms. The van der Waals surface area contributed by atoms with Gasteiger partial charge in [-0.1, -0.05) is 24.0 Å². The summed E-state index contributed by atoms with van der Waals surface area (Å²) < 4.78 is 16.5. The number of thiazole rings is 1. The van der Waals surface area contributed by atoms with Crippen LogP contribution >= 0.6 is 27.3 Å². The first-order valence-corrected chi connectivity index (χ1v) is 14.1. The zero-order valence-corrected chi connectivity index (χ0v) is 24.7. The number of anilines is 1. The van der Waals surface area contributed by atoms with Crippen LogP contribution in [0, 0.1) is 6.92 Å². The van der Waals surface area contributed by atoms with Crippen molar-refractivity contribution in [1.82, 2.24) is 4.98 Å². The smallest absolute Gasteiger partial charge is 0.350 e. The molecular weight excluding hydrogens is 616 g/mol. The molecule has 0 aliphatic carbocycles. The SMILES string of the molecule is C=CCOC(=O)c1sc(N2C(=O)C(=O)/C(=C(/O)c3ccc4c(c3)C[C@@H](C)O4)[C@@H]2c2cc(Br)c(O)c(OC)c2)nc1C. The molecule has 5 rings (SSSR count). The van der Waals surface area contributed by atoms with E-state index in [2.05, 4.69) is 27.5 Å². The lowest BCUT2D eigenvalue weighted by atomic mass is 9.94. The predicted octanol–water partition coefficient (Wildman–Crippen LogP) is 5.22. The molecule has 0 spiro atoms. The molecule has 2 aromatic carbocycles. The number of hydrogen-bond donors (Lipinski definition) is 2. The van der Waals surface area contributed by atoms with E-state index < -0.39 is 23.7 Å². The summed E-state index contributed by atoms with van der Waals surface area (Å²) in [4.78, 5) is 45.5. The number of Topliss-reactive ketones (excluding diaryl/α,β-unsaturated/α-hetero) is 1. The number of phenolic OH excluding ortho intramolecular Hbond substituents is 1. The Morgan fingerprint density at radius 3 is 2.78 bits per heavy atom. The number of aromatic nitrogens is 1. The number of fused-ring (bicyclic) bond motifs is 1. The number of rotatable bonds is 7. The van der Waals surface area contributed by atoms with Gasteiger partial charge in [0.2, 0.25) is 0 Å². The summed E-state index contributed by atoms with van der Waals surface area (Å²) in [6, 6.07) is 6.87. The first kappa shape index (κ1) is 28.4. The zero-order chi connectivity index (χ0) is 29.6. The van der Waals surface area contributed by atoms with Crippen LogP contribution in [0.3, 0.4) is 0 Å². The summed E-state index contributed by atoms with van der Waals surface area (Å²) in [5.41, 5.74) is 1.65. The number of esters is 1. The summed E-state index contributed by atoms with van der Waals surface area (Å²) >= 11 is 4.18. The number of nitrogens with zero attached hydrogens (tertiary/aromatic N) is 2. The fourth-order valence-electron chi connectivity index (χ4n) is 4.85. The lowest BCUT2D eigenvalue weighted by Gasteiger charge is -2.24. The molecule has 41 heavy (non-hydrogen) atoms. The molecule has 10 nitrogen and oxygen atoms in total. The van der Waals surface area contributed by atoms with Crippen LogP contribution in [0.25, 0.3) is 5.76 Å². The average Bonchev–Trinajstić information content (AvgIpc) is 3.60. The number of phenols is 1. The van der Waals surface area contributed by atoms with Gasteiger partial charge in [0.25, 0.3) is 5.78 Å². The van der Waals surface area contributed by atoms with Crippen LogP contribution in [0.4, 0.5) is 5.13 Å². The van der Waals surface area contributed by atoms with Crippen molar-refractivity contribution in [3.63, 3.8) is 0 Å². The monoisotopic (exact) mass is 640 g/mol. The highest BCUT2D eigenvalue weighted by Crippen LogP contribution is 2.47. The van der Waals surface area contributed by atoms with Gasteiger partial charge in [0.15, 0.2) is 16.6 Å². The molecule has 0 saturated carbocycles. The number of ether oxygens (including phenoxy) is 3. The minimum Gasteiger partial charge on any atom is -0.507 e. The van der Waals surface area contributed by atoms with Gasteiger partial charge in [-0.05, 0) is 71.2 Å². The Bertz CT molecular complexity index is 1650. The van der Waals surface area contributed by atoms with Gasteiger partial charge in [-0.25, -0.2) is 9.78 Å². The second-order valence-electron chi connectivity index (χ2n) is 9.48. The summed E-state index contributed by atoms with van der Waals surface area (Å²) in [6.07, 6.45) is 2.02. The van der Waals surface area contributed by atoms with Crippen molar-refractivity contribution in [3.8, 4) is 17.2 Å². The lowest BCUT2D eigenvalue weighted by molar-refractivity contribution is -0.132. The second kappa shape index (κ2) is 11.0. The molecule has 2 atom stereocenters. The number of carbonyl (C=O) groups excluding carboxylic acids is 3. The molecule has 3 heterocycles. The van der Waals surface area contributed by atoms with Crippen LogP contribution in [-0.2, 0) is 20.7 Å². The standard InChI is InChI=1S/C29H25BrN2O8S/c1-5-8-39-28(37)26-14(3)31-29(41-26)32-22(17-11-18(30)24(34)20(12-17)38-4)21(25(35)27(32)36)23(33)15-6-7-19-16(10-15)9-13(2)40-19/h5-7,10-13,22,33-34H,1,8-9H2,2-4H3/b23-21+/t13-,22+/m1/s1. The molecule has 0 bridgehead atoms. The maximum absolute atomic E-state index is 13.6. The van der Waals surface area contributed by atoms with Crippen molar-refractivity contribution in [2.24, 2.45) is 0 Å². The van der Waals surface area contributed by atoms with Gasteiger partial charge in [0.1, 0.15) is 29.1 Å². The number of hydrogen-bond acceptors (Lipinski definition) is 10. The minimum atomic E-state index is -1.17. The van der Waals surface area contributed by atoms with Crippen LogP contribution in [-0.4, -0.2) is 52.7 Å². The molecule has 2 aliphatic rings. The highest BCUT2D eigenvalue weighted by atomic mass is 79.9. The predicted molar refractivity (Wildman–Crippen MR) is 155 cm³/mol. The van der Waals surface area contributed by atoms with Crippen LogP contribution in [0.5, 0.6) is 17.2 Å². The van der Waals surface area contributed by atoms with Crippen LogP contribution in [0.2, 0.25) is 0 Å². The van der Waals surface area contributed by atoms with E-state index in [4.69, 9.17) is 14.2 Å². The molecule has 1 saturated heterocycles. The number of aliphatic hydroxyl groups is 1. The van der Waals surface area contributed by atoms with Crippen LogP contribution < -0.4 is 14.4 Å². The maximum atomic E-state index is 13.6. The topological polar surface area (TPSA) is 135 Å². The Kier molecular flexibility index (Phi) is 7.62. The highest BCUT2D eigenvalue weighted by Gasteiger charge is 2.49. The lowest BCUT2D eigenvalue weighted by Crippen LogP contribution is -2.29. The fraction of sp³-hybridized carbons (Fsp3) is 0.241. The minimum absolute atomic E-state index is 0.0120. The third kappa shape index (κ3) is 4.97. The highest BCUT2D eigenvalue weighted by molar-refractivity contribution is 9.10. The van der Waals surface area contributed by atoms with E-state index in [1.54, 1.807) is 25.1 Å². The largest absolute Gasteiger partial charge is 0.507 e. The van der Waals surface area contributed by atoms with Crippen molar-refractivity contribution < 1.29 is 38.8 Å². The molecule has 0 radical (unpaired) electrons. The van der Waals surface area contributed by atoms with E-state index in [1.165, 1.54) is 25.3 Å². The van der Waals surface area contributed by atoms with E-state index >= 15 is 0 Å². The Labute approximate surface area is 247 Å². The number of aryl methyl sites for hydroxylation is 1. The molecule has 3 aromatic rings. The third-order valence-corrected chi connectivity index (χ3v) is 8.45. The Hall–Kier alpha value is -4.16. The van der Waals surface area contributed by atoms with Crippen molar-refractivity contribution in [2.45, 2.75) is 32.4 Å². The number of ketones is 1. The molecule has 1 fully saturated rings. The zero-order valence-electron chi connectivity index (χ0n) is 22.3. The van der Waals surface area contributed by atoms with Crippen molar-refractivity contribution >= 4 is 55.8 Å². The molecule has 0 unspecified atom stereocenters. The van der Waals surface area contributed by atoms with Crippen molar-refractivity contribution in [3.05, 3.63) is 80.3 Å². The van der Waals surface area contributed by atoms with Gasteiger partial charge < -0.3 is 24.4 Å². The molecule has 1 amide bonds. The van der Waals surface area contributed by atoms with Crippen molar-refractivity contribution in [2.75, 3.05) is 18.6 Å². The van der Waals surface area contributed by atoms with Gasteiger partial charge in [-0.15, -0.1) is 0 Å². The molecule has 2 aliphatic heterocycles. The van der Waals surface area contributed by atoms with E-state index in [0.717, 1.165) is 21.8 Å². The first-order chi connectivity index (χ1) is 19.5. The number of benzene rings is 2. The number of methoxy groups -OCH3 is 1. The molecular formula is C29H25BrN2O8S. The summed E-state index contributed by atoms with van der Waals surface area (Å²) in [5, 5.41) is 22.0. The number of amides is 1. The van der Waals surface area contributed by atoms with Crippen LogP contribution in [0.1, 0.15) is 45.0 Å². The van der Waals surface area contributed by atoms with E-state index in [1.807, 2.05) is 6.92 Å². The maximum Gasteiger partial charge on any atom is 0.350 e. The molecule has 1 aromatic heterocycles. The van der Waals surface area contributed by atoms with Gasteiger partial charge in [-0.2, -0.15) is 0 Å². The van der Waals surface area contributed by atoms with Gasteiger partial charge in [0, 0.05) is 12.0 Å². The van der Waals surface area contributed by atoms with E-state index in [0.29, 0.717) is 29.0 Å². The second-order valence-corrected chi connectivity index (χ2v) is 11.3. The first-order valence-electron chi connectivity index (χ1n) is 12.5. The third-order valence-electron chi connectivity index (χ3n) is 6.71. The summed E-state index contributed by atoms with van der Waals surface area (Å²) in [5.74, 6) is -2.34. The van der Waals surface area contributed by atoms with E-state index in [-0.39, 0.29) is 50.0 Å². The van der Waals surface area contributed by atoms with Gasteiger partial charge in [0.05, 0.1) is 28.9 Å².